The number of carbonyl (C=O) groups is 3. The van der Waals surface area contributed by atoms with Gasteiger partial charge in [-0.15, -0.1) is 0 Å². The fraction of sp³-hybridized carbons (Fsp3) is 0.438. The van der Waals surface area contributed by atoms with Gasteiger partial charge in [0.1, 0.15) is 6.04 Å². The molecular formula is C16H21BrN2O5. The van der Waals surface area contributed by atoms with E-state index in [1.807, 2.05) is 0 Å². The van der Waals surface area contributed by atoms with E-state index in [0.29, 0.717) is 18.7 Å². The van der Waals surface area contributed by atoms with Crippen molar-refractivity contribution in [3.63, 3.8) is 0 Å². The van der Waals surface area contributed by atoms with E-state index >= 15 is 0 Å². The number of ether oxygens (including phenoxy) is 2. The van der Waals surface area contributed by atoms with E-state index in [0.717, 1.165) is 4.47 Å². The molecule has 2 amide bonds. The smallest absolute Gasteiger partial charge is 0.329 e. The van der Waals surface area contributed by atoms with Crippen LogP contribution in [0.2, 0.25) is 0 Å². The second kappa shape index (κ2) is 10.0. The highest BCUT2D eigenvalue weighted by Gasteiger charge is 2.23. The van der Waals surface area contributed by atoms with Crippen LogP contribution in [0.15, 0.2) is 28.7 Å². The number of hydrogen-bond acceptors (Lipinski definition) is 5. The van der Waals surface area contributed by atoms with Gasteiger partial charge in [0.05, 0.1) is 6.61 Å². The summed E-state index contributed by atoms with van der Waals surface area (Å²) in [4.78, 5) is 35.7. The van der Waals surface area contributed by atoms with Crippen LogP contribution in [0, 0.1) is 0 Å². The molecule has 0 spiro atoms. The highest BCUT2D eigenvalue weighted by molar-refractivity contribution is 9.10. The Kier molecular flexibility index (Phi) is 8.42. The molecule has 2 N–H and O–H groups in total. The van der Waals surface area contributed by atoms with Crippen molar-refractivity contribution in [3.05, 3.63) is 34.3 Å². The summed E-state index contributed by atoms with van der Waals surface area (Å²) in [6.07, 6.45) is -0.957. The summed E-state index contributed by atoms with van der Waals surface area (Å²) in [5.74, 6) is -1.51. The number of esters is 1. The molecule has 1 rings (SSSR count). The molecule has 0 heterocycles. The molecule has 7 nitrogen and oxygen atoms in total. The van der Waals surface area contributed by atoms with E-state index in [-0.39, 0.29) is 0 Å². The van der Waals surface area contributed by atoms with Crippen LogP contribution < -0.4 is 10.6 Å². The number of amides is 2. The normalized spacial score (nSPS) is 12.8. The molecule has 1 aromatic rings. The topological polar surface area (TPSA) is 93.7 Å². The number of hydrogen-bond donors (Lipinski definition) is 2. The molecule has 24 heavy (non-hydrogen) atoms. The minimum absolute atomic E-state index is 0.326. The van der Waals surface area contributed by atoms with Crippen molar-refractivity contribution in [3.8, 4) is 0 Å². The summed E-state index contributed by atoms with van der Waals surface area (Å²) in [5, 5.41) is 5.10. The van der Waals surface area contributed by atoms with E-state index in [1.54, 1.807) is 24.3 Å². The van der Waals surface area contributed by atoms with Crippen molar-refractivity contribution >= 4 is 33.7 Å². The van der Waals surface area contributed by atoms with Crippen LogP contribution in [0.5, 0.6) is 0 Å². The van der Waals surface area contributed by atoms with Crippen LogP contribution in [-0.4, -0.2) is 50.2 Å². The molecule has 2 atom stereocenters. The predicted octanol–water partition coefficient (Wildman–Crippen LogP) is 1.26. The summed E-state index contributed by atoms with van der Waals surface area (Å²) >= 11 is 3.28. The first-order valence-electron chi connectivity index (χ1n) is 7.38. The fourth-order valence-corrected chi connectivity index (χ4v) is 1.95. The lowest BCUT2D eigenvalue weighted by Crippen LogP contribution is -2.43. The highest BCUT2D eigenvalue weighted by atomic mass is 79.9. The third-order valence-electron chi connectivity index (χ3n) is 3.08. The van der Waals surface area contributed by atoms with Gasteiger partial charge in [-0.05, 0) is 38.1 Å². The molecule has 0 aromatic heterocycles. The van der Waals surface area contributed by atoms with Crippen molar-refractivity contribution in [1.29, 1.82) is 0 Å². The predicted molar refractivity (Wildman–Crippen MR) is 91.5 cm³/mol. The van der Waals surface area contributed by atoms with Crippen molar-refractivity contribution < 1.29 is 23.9 Å². The quantitative estimate of drug-likeness (QED) is 0.506. The van der Waals surface area contributed by atoms with Crippen LogP contribution in [-0.2, 0) is 19.1 Å². The summed E-state index contributed by atoms with van der Waals surface area (Å²) in [6.45, 7) is 3.65. The van der Waals surface area contributed by atoms with Crippen molar-refractivity contribution in [2.75, 3.05) is 20.3 Å². The second-order valence-corrected chi connectivity index (χ2v) is 5.98. The molecule has 0 saturated heterocycles. The maximum Gasteiger partial charge on any atom is 0.329 e. The number of rotatable bonds is 8. The molecule has 0 radical (unpaired) electrons. The Bertz CT molecular complexity index is 576. The lowest BCUT2D eigenvalue weighted by atomic mass is 10.2. The van der Waals surface area contributed by atoms with Gasteiger partial charge in [-0.3, -0.25) is 9.59 Å². The van der Waals surface area contributed by atoms with E-state index < -0.39 is 29.9 Å². The van der Waals surface area contributed by atoms with Crippen LogP contribution in [0.1, 0.15) is 24.2 Å². The second-order valence-electron chi connectivity index (χ2n) is 5.06. The Balaban J connectivity index is 2.47. The molecule has 8 heteroatoms. The Morgan fingerprint density at radius 3 is 2.38 bits per heavy atom. The molecule has 0 bridgehead atoms. The molecule has 1 aromatic carbocycles. The summed E-state index contributed by atoms with van der Waals surface area (Å²) < 4.78 is 10.7. The molecule has 0 unspecified atom stereocenters. The molecule has 0 fully saturated rings. The Hall–Kier alpha value is -1.93. The molecule has 132 valence electrons. The van der Waals surface area contributed by atoms with Crippen molar-refractivity contribution in [2.45, 2.75) is 26.0 Å². The van der Waals surface area contributed by atoms with Gasteiger partial charge in [0, 0.05) is 23.7 Å². The number of nitrogens with one attached hydrogen (secondary N) is 2. The van der Waals surface area contributed by atoms with Gasteiger partial charge in [0.15, 0.2) is 6.10 Å². The molecule has 0 aliphatic rings. The Labute approximate surface area is 149 Å². The number of halogens is 1. The molecular weight excluding hydrogens is 380 g/mol. The zero-order valence-corrected chi connectivity index (χ0v) is 15.4. The van der Waals surface area contributed by atoms with Gasteiger partial charge in [0.25, 0.3) is 11.8 Å². The maximum absolute atomic E-state index is 12.0. The SMILES string of the molecule is COCCNC(=O)[C@@H](C)OC(=O)[C@H](C)NC(=O)c1ccc(Br)cc1. The number of carbonyl (C=O) groups excluding carboxylic acids is 3. The lowest BCUT2D eigenvalue weighted by Gasteiger charge is -2.17. The van der Waals surface area contributed by atoms with Crippen LogP contribution in [0.3, 0.4) is 0 Å². The summed E-state index contributed by atoms with van der Waals surface area (Å²) in [7, 11) is 1.52. The van der Waals surface area contributed by atoms with Gasteiger partial charge < -0.3 is 20.1 Å². The van der Waals surface area contributed by atoms with Crippen molar-refractivity contribution in [1.82, 2.24) is 10.6 Å². The first kappa shape index (κ1) is 20.1. The number of methoxy groups -OCH3 is 1. The zero-order chi connectivity index (χ0) is 18.1. The van der Waals surface area contributed by atoms with E-state index in [4.69, 9.17) is 9.47 Å². The third-order valence-corrected chi connectivity index (χ3v) is 3.60. The average Bonchev–Trinajstić information content (AvgIpc) is 2.55. The van der Waals surface area contributed by atoms with Gasteiger partial charge in [-0.25, -0.2) is 4.79 Å². The van der Waals surface area contributed by atoms with Crippen LogP contribution >= 0.6 is 15.9 Å². The Morgan fingerprint density at radius 2 is 1.79 bits per heavy atom. The average molecular weight is 401 g/mol. The van der Waals surface area contributed by atoms with E-state index in [9.17, 15) is 14.4 Å². The van der Waals surface area contributed by atoms with Crippen LogP contribution in [0.4, 0.5) is 0 Å². The first-order chi connectivity index (χ1) is 11.3. The lowest BCUT2D eigenvalue weighted by molar-refractivity contribution is -0.156. The first-order valence-corrected chi connectivity index (χ1v) is 8.18. The van der Waals surface area contributed by atoms with Gasteiger partial charge in [0.2, 0.25) is 0 Å². The van der Waals surface area contributed by atoms with E-state index in [1.165, 1.54) is 21.0 Å². The largest absolute Gasteiger partial charge is 0.451 e. The minimum atomic E-state index is -0.957. The van der Waals surface area contributed by atoms with Gasteiger partial charge in [-0.1, -0.05) is 15.9 Å². The van der Waals surface area contributed by atoms with Crippen LogP contribution in [0.25, 0.3) is 0 Å². The van der Waals surface area contributed by atoms with Crippen molar-refractivity contribution in [2.24, 2.45) is 0 Å². The highest BCUT2D eigenvalue weighted by Crippen LogP contribution is 2.10. The zero-order valence-electron chi connectivity index (χ0n) is 13.8. The monoisotopic (exact) mass is 400 g/mol. The Morgan fingerprint density at radius 1 is 1.17 bits per heavy atom. The van der Waals surface area contributed by atoms with E-state index in [2.05, 4.69) is 26.6 Å². The minimum Gasteiger partial charge on any atom is -0.451 e. The molecule has 0 aliphatic heterocycles. The summed E-state index contributed by atoms with van der Waals surface area (Å²) in [6, 6.07) is 5.83. The number of benzene rings is 1. The maximum atomic E-state index is 12.0. The molecule has 0 saturated carbocycles. The summed E-state index contributed by atoms with van der Waals surface area (Å²) in [5.41, 5.74) is 0.420. The fourth-order valence-electron chi connectivity index (χ4n) is 1.69. The third kappa shape index (κ3) is 6.67. The standard InChI is InChI=1S/C16H21BrN2O5/c1-10(19-15(21)12-4-6-13(17)7-5-12)16(22)24-11(2)14(20)18-8-9-23-3/h4-7,10-11H,8-9H2,1-3H3,(H,18,20)(H,19,21)/t10-,11+/m0/s1. The van der Waals surface area contributed by atoms with Gasteiger partial charge in [-0.2, -0.15) is 0 Å². The molecule has 0 aliphatic carbocycles. The van der Waals surface area contributed by atoms with Gasteiger partial charge >= 0.3 is 5.97 Å².